The third kappa shape index (κ3) is 3.78. The van der Waals surface area contributed by atoms with E-state index < -0.39 is 0 Å². The quantitative estimate of drug-likeness (QED) is 0.374. The lowest BCUT2D eigenvalue weighted by atomic mass is 9.96. The van der Waals surface area contributed by atoms with E-state index in [1.165, 1.54) is 16.7 Å². The van der Waals surface area contributed by atoms with E-state index in [1.54, 1.807) is 0 Å². The predicted octanol–water partition coefficient (Wildman–Crippen LogP) is 5.99. The van der Waals surface area contributed by atoms with Gasteiger partial charge in [-0.1, -0.05) is 18.2 Å². The second-order valence-electron chi connectivity index (χ2n) is 9.15. The molecule has 1 N–H and O–H groups in total. The van der Waals surface area contributed by atoms with Gasteiger partial charge in [-0.25, -0.2) is 4.98 Å². The molecule has 1 saturated heterocycles. The summed E-state index contributed by atoms with van der Waals surface area (Å²) in [5, 5.41) is 4.30. The number of thiocarbonyl (C=S) groups is 1. The molecule has 5 nitrogen and oxygen atoms in total. The van der Waals surface area contributed by atoms with E-state index in [0.717, 1.165) is 34.2 Å². The second kappa shape index (κ2) is 8.69. The molecule has 34 heavy (non-hydrogen) atoms. The van der Waals surface area contributed by atoms with Crippen LogP contribution in [0.4, 0.5) is 5.69 Å². The highest BCUT2D eigenvalue weighted by atomic mass is 32.1. The van der Waals surface area contributed by atoms with Crippen molar-refractivity contribution in [3.8, 4) is 5.82 Å². The van der Waals surface area contributed by atoms with E-state index in [-0.39, 0.29) is 12.1 Å². The number of hydrogen-bond acceptors (Lipinski definition) is 3. The van der Waals surface area contributed by atoms with Gasteiger partial charge in [-0.15, -0.1) is 0 Å². The smallest absolute Gasteiger partial charge is 0.174 e. The van der Waals surface area contributed by atoms with Gasteiger partial charge in [-0.05, 0) is 105 Å². The fourth-order valence-corrected chi connectivity index (χ4v) is 5.51. The Morgan fingerprint density at radius 1 is 0.853 bits per heavy atom. The zero-order valence-corrected chi connectivity index (χ0v) is 21.0. The lowest BCUT2D eigenvalue weighted by molar-refractivity contribution is 0.565. The number of pyridine rings is 2. The van der Waals surface area contributed by atoms with Crippen molar-refractivity contribution in [2.24, 2.45) is 0 Å². The number of aryl methyl sites for hydroxylation is 4. The van der Waals surface area contributed by atoms with Gasteiger partial charge in [0.1, 0.15) is 5.82 Å². The molecule has 0 unspecified atom stereocenters. The molecule has 1 aromatic carbocycles. The van der Waals surface area contributed by atoms with Gasteiger partial charge in [0.05, 0.1) is 17.8 Å². The number of rotatable bonds is 4. The Balaban J connectivity index is 1.71. The zero-order chi connectivity index (χ0) is 24.0. The molecule has 3 aromatic heterocycles. The molecule has 0 amide bonds. The fourth-order valence-electron chi connectivity index (χ4n) is 5.16. The van der Waals surface area contributed by atoms with Gasteiger partial charge in [-0.2, -0.15) is 0 Å². The molecular formula is C28H29N5S. The summed E-state index contributed by atoms with van der Waals surface area (Å²) in [4.78, 5) is 11.7. The number of aromatic nitrogens is 3. The lowest BCUT2D eigenvalue weighted by Crippen LogP contribution is -2.29. The Hall–Kier alpha value is -3.51. The van der Waals surface area contributed by atoms with Crippen molar-refractivity contribution in [2.45, 2.75) is 46.7 Å². The van der Waals surface area contributed by atoms with Crippen LogP contribution in [0.15, 0.2) is 67.0 Å². The molecule has 0 bridgehead atoms. The van der Waals surface area contributed by atoms with E-state index in [9.17, 15) is 0 Å². The van der Waals surface area contributed by atoms with Gasteiger partial charge in [-0.3, -0.25) is 4.98 Å². The summed E-state index contributed by atoms with van der Waals surface area (Å²) in [6.45, 7) is 10.7. The maximum absolute atomic E-state index is 5.93. The highest BCUT2D eigenvalue weighted by Crippen LogP contribution is 2.44. The van der Waals surface area contributed by atoms with Gasteiger partial charge in [0, 0.05) is 29.5 Å². The van der Waals surface area contributed by atoms with Gasteiger partial charge in [0.2, 0.25) is 0 Å². The average Bonchev–Trinajstić information content (AvgIpc) is 3.29. The topological polar surface area (TPSA) is 46.0 Å². The van der Waals surface area contributed by atoms with Crippen molar-refractivity contribution in [1.29, 1.82) is 0 Å². The summed E-state index contributed by atoms with van der Waals surface area (Å²) in [5.41, 5.74) is 9.16. The summed E-state index contributed by atoms with van der Waals surface area (Å²) in [6.07, 6.45) is 3.70. The molecule has 4 aromatic rings. The summed E-state index contributed by atoms with van der Waals surface area (Å²) in [5.74, 6) is 0.963. The summed E-state index contributed by atoms with van der Waals surface area (Å²) in [7, 11) is 0. The lowest BCUT2D eigenvalue weighted by Gasteiger charge is -2.29. The monoisotopic (exact) mass is 467 g/mol. The van der Waals surface area contributed by atoms with Crippen LogP contribution >= 0.6 is 12.2 Å². The third-order valence-electron chi connectivity index (χ3n) is 6.57. The molecule has 5 rings (SSSR count). The Labute approximate surface area is 206 Å². The summed E-state index contributed by atoms with van der Waals surface area (Å²) < 4.78 is 2.25. The highest BCUT2D eigenvalue weighted by Gasteiger charge is 2.42. The first-order valence-corrected chi connectivity index (χ1v) is 12.0. The van der Waals surface area contributed by atoms with Crippen LogP contribution < -0.4 is 10.2 Å². The number of benzene rings is 1. The van der Waals surface area contributed by atoms with Crippen molar-refractivity contribution in [3.63, 3.8) is 0 Å². The molecule has 0 saturated carbocycles. The largest absolute Gasteiger partial charge is 0.351 e. The molecule has 0 aliphatic carbocycles. The fraction of sp³-hybridized carbons (Fsp3) is 0.250. The van der Waals surface area contributed by atoms with E-state index >= 15 is 0 Å². The normalized spacial score (nSPS) is 17.8. The van der Waals surface area contributed by atoms with Gasteiger partial charge >= 0.3 is 0 Å². The first-order chi connectivity index (χ1) is 16.3. The second-order valence-corrected chi connectivity index (χ2v) is 9.54. The molecule has 1 aliphatic rings. The molecule has 1 aliphatic heterocycles. The highest BCUT2D eigenvalue weighted by molar-refractivity contribution is 7.80. The molecular weight excluding hydrogens is 438 g/mol. The SMILES string of the molecule is Cc1cc(C)cc(N2C(=S)N[C@@H](c3ccccn3)[C@H]2c2cc(C)n(-c3ncccc3C)c2C)c1. The van der Waals surface area contributed by atoms with Crippen LogP contribution in [-0.2, 0) is 0 Å². The molecule has 2 atom stereocenters. The van der Waals surface area contributed by atoms with Crippen LogP contribution in [-0.4, -0.2) is 19.6 Å². The molecule has 1 fully saturated rings. The standard InChI is InChI=1S/C28H29N5S/c1-17-13-18(2)15-22(14-17)33-26(25(31-28(33)34)24-10-6-7-11-29-24)23-16-20(4)32(21(23)5)27-19(3)9-8-12-30-27/h6-16,25-26H,1-5H3,(H,31,34)/t25-,26+/m0/s1. The van der Waals surface area contributed by atoms with Crippen molar-refractivity contribution < 1.29 is 0 Å². The average molecular weight is 468 g/mol. The van der Waals surface area contributed by atoms with E-state index in [2.05, 4.69) is 85.8 Å². The van der Waals surface area contributed by atoms with Gasteiger partial charge < -0.3 is 14.8 Å². The summed E-state index contributed by atoms with van der Waals surface area (Å²) >= 11 is 5.93. The number of nitrogens with one attached hydrogen (secondary N) is 1. The van der Waals surface area contributed by atoms with Crippen molar-refractivity contribution in [1.82, 2.24) is 19.9 Å². The van der Waals surface area contributed by atoms with E-state index in [4.69, 9.17) is 22.2 Å². The van der Waals surface area contributed by atoms with E-state index in [1.807, 2.05) is 30.6 Å². The maximum atomic E-state index is 5.93. The van der Waals surface area contributed by atoms with Crippen molar-refractivity contribution in [2.75, 3.05) is 4.90 Å². The molecule has 172 valence electrons. The first kappa shape index (κ1) is 22.3. The van der Waals surface area contributed by atoms with Gasteiger partial charge in [0.25, 0.3) is 0 Å². The number of nitrogens with zero attached hydrogens (tertiary/aromatic N) is 4. The van der Waals surface area contributed by atoms with Crippen LogP contribution in [0.25, 0.3) is 5.82 Å². The maximum Gasteiger partial charge on any atom is 0.174 e. The van der Waals surface area contributed by atoms with Crippen molar-refractivity contribution >= 4 is 23.0 Å². The number of anilines is 1. The van der Waals surface area contributed by atoms with Gasteiger partial charge in [0.15, 0.2) is 5.11 Å². The minimum absolute atomic E-state index is 0.0485. The molecule has 0 spiro atoms. The van der Waals surface area contributed by atoms with E-state index in [0.29, 0.717) is 5.11 Å². The Kier molecular flexibility index (Phi) is 5.70. The first-order valence-electron chi connectivity index (χ1n) is 11.5. The summed E-state index contributed by atoms with van der Waals surface area (Å²) in [6, 6.07) is 18.9. The Morgan fingerprint density at radius 3 is 2.26 bits per heavy atom. The van der Waals surface area contributed by atoms with Crippen LogP contribution in [0.2, 0.25) is 0 Å². The third-order valence-corrected chi connectivity index (χ3v) is 6.88. The van der Waals surface area contributed by atoms with Crippen LogP contribution in [0, 0.1) is 34.6 Å². The predicted molar refractivity (Wildman–Crippen MR) is 142 cm³/mol. The number of hydrogen-bond donors (Lipinski definition) is 1. The van der Waals surface area contributed by atoms with Crippen LogP contribution in [0.1, 0.15) is 51.4 Å². The minimum atomic E-state index is -0.0757. The zero-order valence-electron chi connectivity index (χ0n) is 20.2. The minimum Gasteiger partial charge on any atom is -0.351 e. The van der Waals surface area contributed by atoms with Crippen LogP contribution in [0.5, 0.6) is 0 Å². The molecule has 6 heteroatoms. The van der Waals surface area contributed by atoms with Crippen LogP contribution in [0.3, 0.4) is 0 Å². The van der Waals surface area contributed by atoms with Crippen molar-refractivity contribution in [3.05, 3.63) is 106 Å². The molecule has 4 heterocycles. The Bertz CT molecular complexity index is 1350. The Morgan fingerprint density at radius 2 is 1.59 bits per heavy atom. The molecule has 0 radical (unpaired) electrons.